The number of rotatable bonds is 8. The van der Waals surface area contributed by atoms with E-state index in [2.05, 4.69) is 5.10 Å². The molecule has 2 heterocycles. The largest absolute Gasteiger partial charge is 0.308 e. The summed E-state index contributed by atoms with van der Waals surface area (Å²) in [6.07, 6.45) is 6.23. The highest BCUT2D eigenvalue weighted by Gasteiger charge is 2.57. The van der Waals surface area contributed by atoms with Crippen molar-refractivity contribution in [3.8, 4) is 0 Å². The zero-order valence-electron chi connectivity index (χ0n) is 15.2. The minimum Gasteiger partial charge on any atom is -0.308 e. The van der Waals surface area contributed by atoms with Crippen molar-refractivity contribution in [3.63, 3.8) is 0 Å². The molecule has 1 aliphatic heterocycles. The number of aromatic nitrogens is 2. The molecular weight excluding hydrogens is 414 g/mol. The van der Waals surface area contributed by atoms with Crippen molar-refractivity contribution in [1.82, 2.24) is 14.8 Å². The van der Waals surface area contributed by atoms with E-state index in [0.717, 1.165) is 5.06 Å². The van der Waals surface area contributed by atoms with Crippen LogP contribution in [0.3, 0.4) is 0 Å². The van der Waals surface area contributed by atoms with E-state index in [1.54, 1.807) is 25.3 Å². The molecule has 2 atom stereocenters. The number of nitrogens with zero attached hydrogens (tertiary/aromatic N) is 4. The van der Waals surface area contributed by atoms with E-state index < -0.39 is 22.6 Å². The summed E-state index contributed by atoms with van der Waals surface area (Å²) < 4.78 is 39.3. The number of anilines is 1. The fourth-order valence-electron chi connectivity index (χ4n) is 2.92. The van der Waals surface area contributed by atoms with Gasteiger partial charge in [0.2, 0.25) is 5.91 Å². The second-order valence-electron chi connectivity index (χ2n) is 6.71. The number of allylic oxidation sites excluding steroid dienone is 2. The Balaban J connectivity index is 1.62. The lowest BCUT2D eigenvalue weighted by molar-refractivity contribution is -0.118. The van der Waals surface area contributed by atoms with Crippen LogP contribution in [-0.4, -0.2) is 60.7 Å². The number of alkyl halides is 2. The third-order valence-corrected chi connectivity index (χ3v) is 6.31. The van der Waals surface area contributed by atoms with Gasteiger partial charge in [-0.25, -0.2) is 13.5 Å². The molecule has 1 amide bonds. The molecule has 1 aromatic rings. The van der Waals surface area contributed by atoms with E-state index in [4.69, 9.17) is 11.6 Å². The first-order valence-electron chi connectivity index (χ1n) is 8.83. The first-order valence-corrected chi connectivity index (χ1v) is 10.7. The maximum atomic E-state index is 12.9. The highest BCUT2D eigenvalue weighted by atomic mass is 35.5. The molecular formula is C17H21ClF2N4O3S. The summed E-state index contributed by atoms with van der Waals surface area (Å²) in [5, 5.41) is 14.9. The van der Waals surface area contributed by atoms with Gasteiger partial charge in [0.1, 0.15) is 5.69 Å². The predicted molar refractivity (Wildman–Crippen MR) is 103 cm³/mol. The molecule has 7 nitrogen and oxygen atoms in total. The van der Waals surface area contributed by atoms with Crippen molar-refractivity contribution in [2.24, 2.45) is 5.92 Å². The van der Waals surface area contributed by atoms with E-state index in [1.807, 2.05) is 0 Å². The highest BCUT2D eigenvalue weighted by Crippen LogP contribution is 2.48. The normalized spacial score (nSPS) is 21.4. The van der Waals surface area contributed by atoms with E-state index in [1.165, 1.54) is 15.8 Å². The lowest BCUT2D eigenvalue weighted by Crippen LogP contribution is -2.31. The quantitative estimate of drug-likeness (QED) is 0.680. The maximum absolute atomic E-state index is 12.9. The molecule has 1 saturated carbocycles. The van der Waals surface area contributed by atoms with Crippen LogP contribution in [0.15, 0.2) is 24.5 Å². The Labute approximate surface area is 168 Å². The third-order valence-electron chi connectivity index (χ3n) is 4.61. The SMILES string of the molecule is CCN(C(=O)CCS(=O)CC1CC1(F)F)c1cn(C2=CC=CN(O)C2)nc1Cl. The summed E-state index contributed by atoms with van der Waals surface area (Å²) in [5.41, 5.74) is 1.06. The monoisotopic (exact) mass is 434 g/mol. The third kappa shape index (κ3) is 4.79. The van der Waals surface area contributed by atoms with Crippen LogP contribution in [0, 0.1) is 5.92 Å². The first kappa shape index (κ1) is 20.9. The Hall–Kier alpha value is -1.78. The molecule has 1 fully saturated rings. The molecule has 1 N–H and O–H groups in total. The standard InChI is InChI=1S/C17H21ClF2N4O3S/c1-2-23(15(25)5-7-28(27)11-12-8-17(12,19)20)14-10-24(21-16(14)18)13-4-3-6-22(26)9-13/h3-4,6,10,12,26H,2,5,7-9,11H2,1H3. The summed E-state index contributed by atoms with van der Waals surface area (Å²) in [4.78, 5) is 14.0. The molecule has 0 radical (unpaired) electrons. The van der Waals surface area contributed by atoms with Crippen molar-refractivity contribution in [2.75, 3.05) is 29.5 Å². The predicted octanol–water partition coefficient (Wildman–Crippen LogP) is 2.74. The van der Waals surface area contributed by atoms with Gasteiger partial charge >= 0.3 is 0 Å². The topological polar surface area (TPSA) is 78.7 Å². The smallest absolute Gasteiger partial charge is 0.252 e. The number of hydroxylamine groups is 2. The van der Waals surface area contributed by atoms with Gasteiger partial charge in [-0.1, -0.05) is 11.6 Å². The molecule has 2 aliphatic rings. The number of amides is 1. The van der Waals surface area contributed by atoms with Crippen molar-refractivity contribution in [3.05, 3.63) is 29.7 Å². The van der Waals surface area contributed by atoms with Crippen LogP contribution < -0.4 is 4.90 Å². The average molecular weight is 435 g/mol. The number of halogens is 3. The van der Waals surface area contributed by atoms with Crippen molar-refractivity contribution in [2.45, 2.75) is 25.7 Å². The summed E-state index contributed by atoms with van der Waals surface area (Å²) in [7, 11) is -1.47. The Morgan fingerprint density at radius 3 is 2.86 bits per heavy atom. The average Bonchev–Trinajstić information content (AvgIpc) is 3.05. The molecule has 28 heavy (non-hydrogen) atoms. The van der Waals surface area contributed by atoms with Gasteiger partial charge in [-0.3, -0.25) is 19.3 Å². The van der Waals surface area contributed by atoms with Crippen LogP contribution >= 0.6 is 11.6 Å². The summed E-state index contributed by atoms with van der Waals surface area (Å²) in [5.74, 6) is -3.89. The van der Waals surface area contributed by atoms with Crippen LogP contribution in [0.2, 0.25) is 5.15 Å². The molecule has 0 bridgehead atoms. The van der Waals surface area contributed by atoms with E-state index >= 15 is 0 Å². The number of hydrogen-bond acceptors (Lipinski definition) is 5. The molecule has 0 saturated heterocycles. The molecule has 0 aromatic carbocycles. The molecule has 154 valence electrons. The van der Waals surface area contributed by atoms with Gasteiger partial charge in [-0.05, 0) is 19.1 Å². The second kappa shape index (κ2) is 8.30. The van der Waals surface area contributed by atoms with E-state index in [-0.39, 0.29) is 42.0 Å². The van der Waals surface area contributed by atoms with Crippen LogP contribution in [-0.2, 0) is 15.6 Å². The van der Waals surface area contributed by atoms with Crippen molar-refractivity contribution >= 4 is 39.7 Å². The fraction of sp³-hybridized carbons (Fsp3) is 0.529. The number of carbonyl (C=O) groups is 1. The van der Waals surface area contributed by atoms with Crippen molar-refractivity contribution < 1.29 is 23.0 Å². The zero-order chi connectivity index (χ0) is 20.5. The van der Waals surface area contributed by atoms with Gasteiger partial charge in [0, 0.05) is 53.8 Å². The van der Waals surface area contributed by atoms with Crippen LogP contribution in [0.4, 0.5) is 14.5 Å². The Morgan fingerprint density at radius 1 is 1.54 bits per heavy atom. The summed E-state index contributed by atoms with van der Waals surface area (Å²) in [6.45, 7) is 2.30. The van der Waals surface area contributed by atoms with E-state index in [0.29, 0.717) is 17.9 Å². The Bertz CT molecular complexity index is 842. The van der Waals surface area contributed by atoms with Crippen LogP contribution in [0.1, 0.15) is 19.8 Å². The van der Waals surface area contributed by atoms with Gasteiger partial charge in [0.15, 0.2) is 5.15 Å². The van der Waals surface area contributed by atoms with Crippen molar-refractivity contribution in [1.29, 1.82) is 0 Å². The second-order valence-corrected chi connectivity index (χ2v) is 8.69. The molecule has 2 unspecified atom stereocenters. The zero-order valence-corrected chi connectivity index (χ0v) is 16.8. The summed E-state index contributed by atoms with van der Waals surface area (Å²) >= 11 is 6.20. The minimum absolute atomic E-state index is 0.0308. The van der Waals surface area contributed by atoms with Gasteiger partial charge in [0.05, 0.1) is 18.4 Å². The molecule has 1 aromatic heterocycles. The fourth-order valence-corrected chi connectivity index (χ4v) is 4.53. The van der Waals surface area contributed by atoms with Gasteiger partial charge in [0.25, 0.3) is 5.92 Å². The molecule has 1 aliphatic carbocycles. The Kier molecular flexibility index (Phi) is 6.21. The molecule has 0 spiro atoms. The van der Waals surface area contributed by atoms with E-state index in [9.17, 15) is 23.0 Å². The highest BCUT2D eigenvalue weighted by molar-refractivity contribution is 7.85. The number of hydrogen-bond donors (Lipinski definition) is 1. The first-order chi connectivity index (χ1) is 13.2. The Morgan fingerprint density at radius 2 is 2.25 bits per heavy atom. The molecule has 3 rings (SSSR count). The number of carbonyl (C=O) groups excluding carboxylic acids is 1. The summed E-state index contributed by atoms with van der Waals surface area (Å²) in [6, 6.07) is 0. The van der Waals surface area contributed by atoms with Gasteiger partial charge < -0.3 is 4.90 Å². The lowest BCUT2D eigenvalue weighted by Gasteiger charge is -2.20. The minimum atomic E-state index is -2.70. The van der Waals surface area contributed by atoms with Gasteiger partial charge in [-0.15, -0.1) is 0 Å². The lowest BCUT2D eigenvalue weighted by atomic mass is 10.3. The maximum Gasteiger partial charge on any atom is 0.252 e. The van der Waals surface area contributed by atoms with Crippen LogP contribution in [0.25, 0.3) is 5.70 Å². The van der Waals surface area contributed by atoms with Crippen LogP contribution in [0.5, 0.6) is 0 Å². The van der Waals surface area contributed by atoms with Gasteiger partial charge in [-0.2, -0.15) is 5.10 Å². The molecule has 11 heteroatoms.